The van der Waals surface area contributed by atoms with Gasteiger partial charge in [0.2, 0.25) is 0 Å². The highest BCUT2D eigenvalue weighted by molar-refractivity contribution is 8.76. The summed E-state index contributed by atoms with van der Waals surface area (Å²) in [6, 6.07) is 5.70. The predicted molar refractivity (Wildman–Crippen MR) is 80.0 cm³/mol. The van der Waals surface area contributed by atoms with Crippen LogP contribution in [0.4, 0.5) is 0 Å². The molecule has 112 valence electrons. The summed E-state index contributed by atoms with van der Waals surface area (Å²) < 4.78 is 0.693. The number of hydroxylamine groups is 1. The van der Waals surface area contributed by atoms with E-state index in [9.17, 15) is 14.7 Å². The molecule has 0 radical (unpaired) electrons. The van der Waals surface area contributed by atoms with Crippen LogP contribution < -0.4 is 0 Å². The maximum Gasteiger partial charge on any atom is 0.439 e. The van der Waals surface area contributed by atoms with Crippen LogP contribution in [0.2, 0.25) is 0 Å². The van der Waals surface area contributed by atoms with Gasteiger partial charge in [-0.2, -0.15) is 4.84 Å². The molecule has 0 atom stereocenters. The zero-order chi connectivity index (χ0) is 15.1. The van der Waals surface area contributed by atoms with Crippen LogP contribution in [-0.4, -0.2) is 38.4 Å². The molecule has 0 spiro atoms. The lowest BCUT2D eigenvalue weighted by Crippen LogP contribution is -2.24. The van der Waals surface area contributed by atoms with Crippen molar-refractivity contribution in [1.29, 1.82) is 0 Å². The number of amides is 1. The SMILES string of the molecule is O=C(CCCSSc1ccccn1)O[N+]1=C(O)CCC1=O. The van der Waals surface area contributed by atoms with Crippen molar-refractivity contribution in [2.24, 2.45) is 0 Å². The number of nitrogens with zero attached hydrogens (tertiary/aromatic N) is 2. The van der Waals surface area contributed by atoms with E-state index in [0.717, 1.165) is 10.8 Å². The molecule has 0 fully saturated rings. The lowest BCUT2D eigenvalue weighted by Gasteiger charge is -1.99. The first-order valence-corrected chi connectivity index (χ1v) is 8.78. The minimum atomic E-state index is -0.514. The number of carbonyl (C=O) groups is 2. The van der Waals surface area contributed by atoms with Crippen LogP contribution in [0.15, 0.2) is 29.4 Å². The van der Waals surface area contributed by atoms with Crippen molar-refractivity contribution in [3.8, 4) is 0 Å². The average molecular weight is 327 g/mol. The van der Waals surface area contributed by atoms with Crippen LogP contribution in [0.5, 0.6) is 0 Å². The van der Waals surface area contributed by atoms with Gasteiger partial charge in [-0.25, -0.2) is 14.6 Å². The quantitative estimate of drug-likeness (QED) is 0.356. The molecule has 0 saturated heterocycles. The third kappa shape index (κ3) is 5.05. The van der Waals surface area contributed by atoms with Crippen LogP contribution in [0.3, 0.4) is 0 Å². The molecule has 1 aliphatic heterocycles. The molecule has 0 unspecified atom stereocenters. The van der Waals surface area contributed by atoms with E-state index in [0.29, 0.717) is 11.2 Å². The summed E-state index contributed by atoms with van der Waals surface area (Å²) in [6.45, 7) is 0. The molecule has 21 heavy (non-hydrogen) atoms. The Balaban J connectivity index is 1.62. The van der Waals surface area contributed by atoms with Gasteiger partial charge in [0.25, 0.3) is 0 Å². The molecular formula is C13H15N2O4S2+. The molecule has 0 aromatic carbocycles. The van der Waals surface area contributed by atoms with Gasteiger partial charge in [-0.3, -0.25) is 0 Å². The Kier molecular flexibility index (Phi) is 6.06. The predicted octanol–water partition coefficient (Wildman–Crippen LogP) is 2.35. The van der Waals surface area contributed by atoms with Crippen molar-refractivity contribution in [1.82, 2.24) is 4.98 Å². The Hall–Kier alpha value is -1.54. The number of carbonyl (C=O) groups excluding carboxylic acids is 2. The number of aliphatic hydroxyl groups excluding tert-OH is 1. The third-order valence-corrected chi connectivity index (χ3v) is 4.96. The van der Waals surface area contributed by atoms with E-state index >= 15 is 0 Å². The number of hydrogen-bond donors (Lipinski definition) is 1. The summed E-state index contributed by atoms with van der Waals surface area (Å²) in [4.78, 5) is 31.9. The van der Waals surface area contributed by atoms with E-state index in [4.69, 9.17) is 4.84 Å². The molecule has 0 aliphatic carbocycles. The Morgan fingerprint density at radius 2 is 2.29 bits per heavy atom. The summed E-state index contributed by atoms with van der Waals surface area (Å²) in [5.74, 6) is -0.338. The van der Waals surface area contributed by atoms with Crippen molar-refractivity contribution < 1.29 is 24.3 Å². The molecule has 8 heteroatoms. The lowest BCUT2D eigenvalue weighted by molar-refractivity contribution is -0.694. The first kappa shape index (κ1) is 15.8. The Labute approximate surface area is 130 Å². The summed E-state index contributed by atoms with van der Waals surface area (Å²) in [7, 11) is 3.15. The van der Waals surface area contributed by atoms with Crippen molar-refractivity contribution in [2.45, 2.75) is 30.7 Å². The molecule has 2 rings (SSSR count). The second kappa shape index (κ2) is 8.04. The van der Waals surface area contributed by atoms with Crippen molar-refractivity contribution in [2.75, 3.05) is 5.75 Å². The minimum absolute atomic E-state index is 0.176. The number of rotatable bonds is 7. The Morgan fingerprint density at radius 1 is 1.43 bits per heavy atom. The van der Waals surface area contributed by atoms with Crippen molar-refractivity contribution in [3.05, 3.63) is 24.4 Å². The van der Waals surface area contributed by atoms with E-state index in [1.54, 1.807) is 27.8 Å². The van der Waals surface area contributed by atoms with E-state index in [1.165, 1.54) is 0 Å². The zero-order valence-electron chi connectivity index (χ0n) is 11.2. The third-order valence-electron chi connectivity index (χ3n) is 2.61. The topological polar surface area (TPSA) is 79.5 Å². The molecule has 1 aromatic rings. The zero-order valence-corrected chi connectivity index (χ0v) is 12.9. The van der Waals surface area contributed by atoms with Gasteiger partial charge in [-0.05, 0) is 29.3 Å². The van der Waals surface area contributed by atoms with Crippen molar-refractivity contribution >= 4 is 39.4 Å². The maximum absolute atomic E-state index is 11.6. The summed E-state index contributed by atoms with van der Waals surface area (Å²) >= 11 is 0. The van der Waals surface area contributed by atoms with E-state index in [2.05, 4.69) is 4.98 Å². The average Bonchev–Trinajstić information content (AvgIpc) is 2.80. The second-order valence-corrected chi connectivity index (χ2v) is 6.68. The van der Waals surface area contributed by atoms with Gasteiger partial charge in [-0.15, -0.1) is 0 Å². The molecule has 1 aliphatic rings. The standard InChI is InChI=1S/C13H14N2O4S2/c16-11-6-7-12(17)15(11)19-13(18)5-3-9-20-21-10-4-1-2-8-14-10/h1-2,4,8H,3,5-7,9H2/p+1. The molecule has 0 saturated carbocycles. The molecule has 6 nitrogen and oxygen atoms in total. The van der Waals surface area contributed by atoms with Gasteiger partial charge >= 0.3 is 17.8 Å². The summed E-state index contributed by atoms with van der Waals surface area (Å²) in [5, 5.41) is 10.3. The highest BCUT2D eigenvalue weighted by Crippen LogP contribution is 2.29. The fourth-order valence-corrected chi connectivity index (χ4v) is 3.56. The van der Waals surface area contributed by atoms with Gasteiger partial charge in [0.05, 0.1) is 24.0 Å². The first-order valence-electron chi connectivity index (χ1n) is 6.46. The number of pyridine rings is 1. The second-order valence-electron chi connectivity index (χ2n) is 4.24. The minimum Gasteiger partial charge on any atom is -0.460 e. The van der Waals surface area contributed by atoms with Crippen LogP contribution >= 0.6 is 21.6 Å². The summed E-state index contributed by atoms with van der Waals surface area (Å²) in [6.07, 6.45) is 2.97. The smallest absolute Gasteiger partial charge is 0.439 e. The van der Waals surface area contributed by atoms with Gasteiger partial charge in [0.1, 0.15) is 5.03 Å². The van der Waals surface area contributed by atoms with Crippen molar-refractivity contribution in [3.63, 3.8) is 0 Å². The van der Waals surface area contributed by atoms with E-state index in [1.807, 2.05) is 18.2 Å². The monoisotopic (exact) mass is 327 g/mol. The van der Waals surface area contributed by atoms with Crippen LogP contribution in [-0.2, 0) is 14.4 Å². The Bertz CT molecular complexity index is 548. The molecule has 2 heterocycles. The number of aliphatic hydroxyl groups is 1. The van der Waals surface area contributed by atoms with Gasteiger partial charge in [0.15, 0.2) is 0 Å². The summed E-state index contributed by atoms with van der Waals surface area (Å²) in [5.41, 5.74) is 0. The number of hydrogen-bond acceptors (Lipinski definition) is 6. The molecule has 0 bridgehead atoms. The van der Waals surface area contributed by atoms with Crippen LogP contribution in [0.25, 0.3) is 0 Å². The fraction of sp³-hybridized carbons (Fsp3) is 0.385. The highest BCUT2D eigenvalue weighted by atomic mass is 33.1. The van der Waals surface area contributed by atoms with E-state index < -0.39 is 5.97 Å². The molecule has 1 amide bonds. The van der Waals surface area contributed by atoms with E-state index in [-0.39, 0.29) is 31.1 Å². The van der Waals surface area contributed by atoms with Gasteiger partial charge in [0, 0.05) is 11.9 Å². The van der Waals surface area contributed by atoms with Gasteiger partial charge in [-0.1, -0.05) is 16.9 Å². The van der Waals surface area contributed by atoms with Crippen LogP contribution in [0, 0.1) is 0 Å². The fourth-order valence-electron chi connectivity index (χ4n) is 1.59. The first-order chi connectivity index (χ1) is 10.2. The number of aromatic nitrogens is 1. The molecular weight excluding hydrogens is 312 g/mol. The normalized spacial score (nSPS) is 14.6. The van der Waals surface area contributed by atoms with Gasteiger partial charge < -0.3 is 5.11 Å². The largest absolute Gasteiger partial charge is 0.460 e. The lowest BCUT2D eigenvalue weighted by atomic mass is 10.3. The molecule has 1 aromatic heterocycles. The Morgan fingerprint density at radius 3 is 2.95 bits per heavy atom. The van der Waals surface area contributed by atoms with Crippen LogP contribution in [0.1, 0.15) is 25.7 Å². The molecule has 1 N–H and O–H groups in total. The highest BCUT2D eigenvalue weighted by Gasteiger charge is 2.36. The maximum atomic E-state index is 11.6.